The van der Waals surface area contributed by atoms with Crippen LogP contribution >= 0.6 is 0 Å². The first-order valence-electron chi connectivity index (χ1n) is 5.58. The summed E-state index contributed by atoms with van der Waals surface area (Å²) in [6.07, 6.45) is 2.17. The molecule has 1 aliphatic rings. The van der Waals surface area contributed by atoms with Crippen molar-refractivity contribution in [2.75, 3.05) is 6.61 Å². The molecule has 1 heterocycles. The fourth-order valence-electron chi connectivity index (χ4n) is 1.83. The van der Waals surface area contributed by atoms with E-state index >= 15 is 0 Å². The summed E-state index contributed by atoms with van der Waals surface area (Å²) in [4.78, 5) is 0. The lowest BCUT2D eigenvalue weighted by atomic mass is 10.2. The van der Waals surface area contributed by atoms with Crippen LogP contribution in [0.15, 0.2) is 6.07 Å². The van der Waals surface area contributed by atoms with Crippen molar-refractivity contribution in [2.45, 2.75) is 45.3 Å². The predicted molar refractivity (Wildman–Crippen MR) is 58.5 cm³/mol. The fourth-order valence-corrected chi connectivity index (χ4v) is 1.83. The maximum atomic E-state index is 9.18. The maximum Gasteiger partial charge on any atom is 0.0613 e. The van der Waals surface area contributed by atoms with E-state index in [-0.39, 0.29) is 12.1 Å². The molecule has 1 fully saturated rings. The number of hydrogen-bond acceptors (Lipinski definition) is 3. The molecule has 4 nitrogen and oxygen atoms in total. The Hall–Kier alpha value is -0.870. The molecule has 0 unspecified atom stereocenters. The van der Waals surface area contributed by atoms with Crippen molar-refractivity contribution >= 4 is 0 Å². The van der Waals surface area contributed by atoms with E-state index in [1.807, 2.05) is 11.6 Å². The van der Waals surface area contributed by atoms with Crippen molar-refractivity contribution < 1.29 is 5.11 Å². The molecule has 4 heteroatoms. The van der Waals surface area contributed by atoms with E-state index in [2.05, 4.69) is 23.4 Å². The van der Waals surface area contributed by atoms with Crippen LogP contribution in [-0.4, -0.2) is 27.0 Å². The van der Waals surface area contributed by atoms with Gasteiger partial charge in [0, 0.05) is 18.6 Å². The smallest absolute Gasteiger partial charge is 0.0613 e. The zero-order chi connectivity index (χ0) is 10.9. The van der Waals surface area contributed by atoms with Gasteiger partial charge in [-0.2, -0.15) is 5.10 Å². The summed E-state index contributed by atoms with van der Waals surface area (Å²) >= 11 is 0. The number of aryl methyl sites for hydroxylation is 2. The molecule has 15 heavy (non-hydrogen) atoms. The molecule has 0 radical (unpaired) electrons. The molecule has 1 saturated carbocycles. The molecule has 0 saturated heterocycles. The van der Waals surface area contributed by atoms with Crippen LogP contribution in [-0.2, 0) is 13.1 Å². The lowest BCUT2D eigenvalue weighted by Gasteiger charge is -2.14. The van der Waals surface area contributed by atoms with Gasteiger partial charge in [-0.1, -0.05) is 0 Å². The number of nitrogens with one attached hydrogen (secondary N) is 1. The Kier molecular flexibility index (Phi) is 2.80. The summed E-state index contributed by atoms with van der Waals surface area (Å²) in [5.41, 5.74) is 2.27. The van der Waals surface area contributed by atoms with Gasteiger partial charge in [0.2, 0.25) is 0 Å². The molecule has 84 valence electrons. The van der Waals surface area contributed by atoms with Crippen LogP contribution in [0.3, 0.4) is 0 Å². The minimum absolute atomic E-state index is 0.0107. The van der Waals surface area contributed by atoms with E-state index in [4.69, 9.17) is 0 Å². The summed E-state index contributed by atoms with van der Waals surface area (Å²) in [5.74, 6) is 0. The Balaban J connectivity index is 1.98. The second kappa shape index (κ2) is 3.94. The normalized spacial score (nSPS) is 18.1. The first-order chi connectivity index (χ1) is 7.19. The molecule has 0 amide bonds. The molecule has 2 rings (SSSR count). The van der Waals surface area contributed by atoms with Crippen LogP contribution in [0.1, 0.15) is 31.2 Å². The molecular weight excluding hydrogens is 190 g/mol. The van der Waals surface area contributed by atoms with Gasteiger partial charge in [-0.3, -0.25) is 4.68 Å². The molecule has 1 aromatic heterocycles. The van der Waals surface area contributed by atoms with Crippen LogP contribution in [0.4, 0.5) is 0 Å². The van der Waals surface area contributed by atoms with Gasteiger partial charge in [0.25, 0.3) is 0 Å². The van der Waals surface area contributed by atoms with Crippen molar-refractivity contribution in [2.24, 2.45) is 0 Å². The minimum Gasteiger partial charge on any atom is -0.394 e. The van der Waals surface area contributed by atoms with Crippen LogP contribution in [0, 0.1) is 6.92 Å². The number of aromatic nitrogens is 2. The second-order valence-corrected chi connectivity index (χ2v) is 4.38. The van der Waals surface area contributed by atoms with Gasteiger partial charge >= 0.3 is 0 Å². The molecule has 2 N–H and O–H groups in total. The maximum absolute atomic E-state index is 9.18. The molecule has 1 aromatic rings. The van der Waals surface area contributed by atoms with Gasteiger partial charge in [0.05, 0.1) is 18.0 Å². The molecule has 0 atom stereocenters. The van der Waals surface area contributed by atoms with E-state index < -0.39 is 0 Å². The Bertz CT molecular complexity index is 342. The molecule has 0 aromatic carbocycles. The Morgan fingerprint density at radius 3 is 2.87 bits per heavy atom. The van der Waals surface area contributed by atoms with E-state index in [0.717, 1.165) is 31.6 Å². The quantitative estimate of drug-likeness (QED) is 0.755. The van der Waals surface area contributed by atoms with Crippen LogP contribution in [0.25, 0.3) is 0 Å². The summed E-state index contributed by atoms with van der Waals surface area (Å²) < 4.78 is 2.01. The Morgan fingerprint density at radius 2 is 2.33 bits per heavy atom. The zero-order valence-electron chi connectivity index (χ0n) is 9.45. The average molecular weight is 209 g/mol. The third-order valence-corrected chi connectivity index (χ3v) is 3.09. The van der Waals surface area contributed by atoms with Crippen molar-refractivity contribution in [3.05, 3.63) is 17.5 Å². The van der Waals surface area contributed by atoms with Gasteiger partial charge in [0.1, 0.15) is 0 Å². The van der Waals surface area contributed by atoms with Gasteiger partial charge in [-0.15, -0.1) is 0 Å². The third kappa shape index (κ3) is 2.21. The zero-order valence-corrected chi connectivity index (χ0v) is 9.45. The minimum atomic E-state index is 0.0107. The highest BCUT2D eigenvalue weighted by Gasteiger charge is 2.41. The lowest BCUT2D eigenvalue weighted by molar-refractivity contribution is 0.228. The van der Waals surface area contributed by atoms with E-state index in [1.54, 1.807) is 0 Å². The van der Waals surface area contributed by atoms with Gasteiger partial charge in [0.15, 0.2) is 0 Å². The van der Waals surface area contributed by atoms with Gasteiger partial charge < -0.3 is 10.4 Å². The fraction of sp³-hybridized carbons (Fsp3) is 0.727. The summed E-state index contributed by atoms with van der Waals surface area (Å²) in [6.45, 7) is 6.04. The Morgan fingerprint density at radius 1 is 1.60 bits per heavy atom. The van der Waals surface area contributed by atoms with Crippen molar-refractivity contribution in [3.63, 3.8) is 0 Å². The highest BCUT2D eigenvalue weighted by molar-refractivity contribution is 5.11. The number of rotatable bonds is 5. The topological polar surface area (TPSA) is 50.1 Å². The van der Waals surface area contributed by atoms with Gasteiger partial charge in [-0.25, -0.2) is 0 Å². The van der Waals surface area contributed by atoms with Crippen LogP contribution < -0.4 is 5.32 Å². The second-order valence-electron chi connectivity index (χ2n) is 4.38. The van der Waals surface area contributed by atoms with Crippen LogP contribution in [0.5, 0.6) is 0 Å². The first-order valence-corrected chi connectivity index (χ1v) is 5.58. The molecule has 0 aliphatic heterocycles. The largest absolute Gasteiger partial charge is 0.394 e. The number of aliphatic hydroxyl groups is 1. The standard InChI is InChI=1S/C11H19N3O/c1-3-14-10(6-9(2)13-14)7-12-11(8-15)4-5-11/h6,12,15H,3-5,7-8H2,1-2H3. The highest BCUT2D eigenvalue weighted by Crippen LogP contribution is 2.34. The highest BCUT2D eigenvalue weighted by atomic mass is 16.3. The molecule has 0 spiro atoms. The number of aliphatic hydroxyl groups excluding tert-OH is 1. The summed E-state index contributed by atoms with van der Waals surface area (Å²) in [7, 11) is 0. The summed E-state index contributed by atoms with van der Waals surface area (Å²) in [6, 6.07) is 2.10. The number of hydrogen-bond donors (Lipinski definition) is 2. The first kappa shape index (κ1) is 10.6. The van der Waals surface area contributed by atoms with E-state index in [1.165, 1.54) is 5.69 Å². The monoisotopic (exact) mass is 209 g/mol. The van der Waals surface area contributed by atoms with Crippen molar-refractivity contribution in [3.8, 4) is 0 Å². The molecular formula is C11H19N3O. The SMILES string of the molecule is CCn1nc(C)cc1CNC1(CO)CC1. The summed E-state index contributed by atoms with van der Waals surface area (Å²) in [5, 5.41) is 17.0. The number of nitrogens with zero attached hydrogens (tertiary/aromatic N) is 2. The van der Waals surface area contributed by atoms with Gasteiger partial charge in [-0.05, 0) is 32.8 Å². The van der Waals surface area contributed by atoms with Crippen molar-refractivity contribution in [1.82, 2.24) is 15.1 Å². The van der Waals surface area contributed by atoms with Crippen LogP contribution in [0.2, 0.25) is 0 Å². The van der Waals surface area contributed by atoms with E-state index in [9.17, 15) is 5.11 Å². The average Bonchev–Trinajstić information content (AvgIpc) is 2.94. The van der Waals surface area contributed by atoms with Crippen molar-refractivity contribution in [1.29, 1.82) is 0 Å². The predicted octanol–water partition coefficient (Wildman–Crippen LogP) is 0.826. The third-order valence-electron chi connectivity index (χ3n) is 3.09. The molecule has 1 aliphatic carbocycles. The van der Waals surface area contributed by atoms with E-state index in [0.29, 0.717) is 0 Å². The molecule has 0 bridgehead atoms. The Labute approximate surface area is 90.3 Å². The lowest BCUT2D eigenvalue weighted by Crippen LogP contribution is -2.34.